The number of aliphatic hydroxyl groups excluding tert-OH is 1. The molecule has 0 aliphatic carbocycles. The highest BCUT2D eigenvalue weighted by Crippen LogP contribution is 2.46. The largest absolute Gasteiger partial charge is 0.540 e. The number of Topliss-reactive ketones (excluding diaryl/α,β-unsaturated/α-hetero) is 1. The number of hydrogen-bond donors (Lipinski definition) is 5. The monoisotopic (exact) mass is 837 g/mol. The summed E-state index contributed by atoms with van der Waals surface area (Å²) in [6.45, 7) is 22.8. The van der Waals surface area contributed by atoms with Crippen LogP contribution >= 0.6 is 0 Å². The molecule has 3 rings (SSSR count). The number of anilines is 2. The van der Waals surface area contributed by atoms with Gasteiger partial charge in [-0.15, -0.1) is 0 Å². The van der Waals surface area contributed by atoms with Gasteiger partial charge in [0.15, 0.2) is 5.75 Å². The minimum absolute atomic E-state index is 0.105. The fourth-order valence-corrected chi connectivity index (χ4v) is 12.6. The lowest BCUT2D eigenvalue weighted by atomic mass is 9.99. The molecule has 3 atom stereocenters. The Hall–Kier alpha value is -5.19. The number of ketones is 1. The zero-order valence-electron chi connectivity index (χ0n) is 36.3. The number of carbonyl (C=O) groups excluding carboxylic acids is 5. The molecule has 0 aromatic heterocycles. The summed E-state index contributed by atoms with van der Waals surface area (Å²) in [5.74, 6) is -2.45. The van der Waals surface area contributed by atoms with Gasteiger partial charge in [0, 0.05) is 18.0 Å². The number of ether oxygens (including phenoxy) is 3. The van der Waals surface area contributed by atoms with Crippen molar-refractivity contribution >= 4 is 49.4 Å². The Kier molecular flexibility index (Phi) is 17.7. The predicted molar refractivity (Wildman–Crippen MR) is 229 cm³/mol. The molecule has 2 aromatic carbocycles. The summed E-state index contributed by atoms with van der Waals surface area (Å²) in [5, 5.41) is 15.4. The van der Waals surface area contributed by atoms with Crippen LogP contribution in [0.2, 0.25) is 16.6 Å². The molecule has 16 heteroatoms. The second-order valence-electron chi connectivity index (χ2n) is 16.1. The maximum absolute atomic E-state index is 14.1. The third kappa shape index (κ3) is 12.2. The van der Waals surface area contributed by atoms with Gasteiger partial charge in [-0.2, -0.15) is 0 Å². The van der Waals surface area contributed by atoms with Crippen LogP contribution in [0.15, 0.2) is 60.8 Å². The molecule has 3 amide bonds. The fourth-order valence-electron chi connectivity index (χ4n) is 7.39. The molecule has 2 aromatic rings. The van der Waals surface area contributed by atoms with Gasteiger partial charge in [-0.25, -0.2) is 15.0 Å². The number of aliphatic hydroxyl groups is 1. The van der Waals surface area contributed by atoms with Gasteiger partial charge >= 0.3 is 12.1 Å². The number of amides is 3. The van der Waals surface area contributed by atoms with Crippen LogP contribution in [0.3, 0.4) is 0 Å². The predicted octanol–water partition coefficient (Wildman–Crippen LogP) is 6.85. The van der Waals surface area contributed by atoms with Crippen molar-refractivity contribution in [1.29, 1.82) is 0 Å². The molecule has 1 heterocycles. The Morgan fingerprint density at radius 3 is 2.10 bits per heavy atom. The van der Waals surface area contributed by atoms with Gasteiger partial charge in [-0.05, 0) is 66.6 Å². The van der Waals surface area contributed by atoms with Crippen molar-refractivity contribution < 1.29 is 47.7 Å². The van der Waals surface area contributed by atoms with E-state index in [-0.39, 0.29) is 53.6 Å². The van der Waals surface area contributed by atoms with E-state index in [1.165, 1.54) is 18.1 Å². The smallest absolute Gasteiger partial charge is 0.411 e. The Morgan fingerprint density at radius 1 is 0.932 bits per heavy atom. The normalized spacial score (nSPS) is 15.1. The van der Waals surface area contributed by atoms with Gasteiger partial charge in [0.2, 0.25) is 5.91 Å². The van der Waals surface area contributed by atoms with Crippen LogP contribution in [0.4, 0.5) is 16.2 Å². The van der Waals surface area contributed by atoms with Crippen LogP contribution < -0.4 is 30.6 Å². The first-order valence-electron chi connectivity index (χ1n) is 20.0. The zero-order chi connectivity index (χ0) is 44.2. The summed E-state index contributed by atoms with van der Waals surface area (Å²) >= 11 is 0. The lowest BCUT2D eigenvalue weighted by Gasteiger charge is -2.42. The van der Waals surface area contributed by atoms with Crippen LogP contribution in [0.25, 0.3) is 0 Å². The summed E-state index contributed by atoms with van der Waals surface area (Å²) in [4.78, 5) is 66.5. The average Bonchev–Trinajstić information content (AvgIpc) is 3.58. The van der Waals surface area contributed by atoms with Gasteiger partial charge in [0.05, 0.1) is 31.0 Å². The van der Waals surface area contributed by atoms with E-state index in [9.17, 15) is 29.1 Å². The maximum atomic E-state index is 14.1. The molecule has 59 heavy (non-hydrogen) atoms. The lowest BCUT2D eigenvalue weighted by molar-refractivity contribution is -0.154. The molecule has 1 aliphatic heterocycles. The van der Waals surface area contributed by atoms with Gasteiger partial charge in [-0.1, -0.05) is 85.8 Å². The summed E-state index contributed by atoms with van der Waals surface area (Å²) in [7, 11) is -0.995. The number of benzene rings is 2. The summed E-state index contributed by atoms with van der Waals surface area (Å²) in [6.07, 6.45) is 2.76. The van der Waals surface area contributed by atoms with Gasteiger partial charge in [-0.3, -0.25) is 19.7 Å². The van der Waals surface area contributed by atoms with E-state index in [4.69, 9.17) is 18.6 Å². The summed E-state index contributed by atoms with van der Waals surface area (Å²) in [6, 6.07) is 7.74. The topological polar surface area (TPSA) is 194 Å². The highest BCUT2D eigenvalue weighted by Gasteiger charge is 2.47. The molecule has 5 N–H and O–H groups in total. The molecule has 0 spiro atoms. The first-order valence-corrected chi connectivity index (χ1v) is 22.1. The van der Waals surface area contributed by atoms with Crippen LogP contribution in [-0.4, -0.2) is 86.4 Å². The molecule has 0 radical (unpaired) electrons. The number of hydrazine groups is 1. The minimum Gasteiger partial charge on any atom is -0.540 e. The molecule has 15 nitrogen and oxygen atoms in total. The summed E-state index contributed by atoms with van der Waals surface area (Å²) < 4.78 is 23.2. The second-order valence-corrected chi connectivity index (χ2v) is 21.4. The van der Waals surface area contributed by atoms with Crippen molar-refractivity contribution in [2.75, 3.05) is 31.1 Å². The number of carbonyl (C=O) groups is 5. The number of methoxy groups -OCH3 is 1. The highest BCUT2D eigenvalue weighted by molar-refractivity contribution is 6.78. The third-order valence-corrected chi connectivity index (χ3v) is 16.4. The SMILES string of the molecule is C=CCOC(=O)C(=O)C(NC(=O)C(C)NNc1ccc(COC(=O)Nc2cc(O[Si](C(C)C)(C(C)C)C(C)C)c(OC)cc2C(=O)N2C=C(C)C[C@H]2CO)cc1)C(C)C. The average molecular weight is 838 g/mol. The van der Waals surface area contributed by atoms with E-state index in [0.717, 1.165) is 5.57 Å². The molecule has 324 valence electrons. The first kappa shape index (κ1) is 48.2. The third-order valence-electron chi connectivity index (χ3n) is 10.5. The number of nitrogens with one attached hydrogen (secondary N) is 4. The van der Waals surface area contributed by atoms with E-state index in [1.807, 2.05) is 6.92 Å². The van der Waals surface area contributed by atoms with Crippen molar-refractivity contribution in [2.45, 2.75) is 117 Å². The summed E-state index contributed by atoms with van der Waals surface area (Å²) in [5.41, 5.74) is 9.00. The molecular formula is C43H63N5O10Si. The van der Waals surface area contributed by atoms with Crippen molar-refractivity contribution in [1.82, 2.24) is 15.6 Å². The quantitative estimate of drug-likeness (QED) is 0.0289. The Morgan fingerprint density at radius 2 is 1.56 bits per heavy atom. The van der Waals surface area contributed by atoms with Gasteiger partial charge < -0.3 is 39.4 Å². The zero-order valence-corrected chi connectivity index (χ0v) is 37.3. The maximum Gasteiger partial charge on any atom is 0.411 e. The van der Waals surface area contributed by atoms with Crippen molar-refractivity contribution in [3.63, 3.8) is 0 Å². The van der Waals surface area contributed by atoms with E-state index < -0.39 is 56.1 Å². The first-order chi connectivity index (χ1) is 27.8. The van der Waals surface area contributed by atoms with E-state index in [2.05, 4.69) is 69.6 Å². The van der Waals surface area contributed by atoms with Crippen molar-refractivity contribution in [3.05, 3.63) is 72.0 Å². The van der Waals surface area contributed by atoms with E-state index in [0.29, 0.717) is 29.2 Å². The molecule has 1 aliphatic rings. The van der Waals surface area contributed by atoms with Crippen LogP contribution in [-0.2, 0) is 30.5 Å². The van der Waals surface area contributed by atoms with E-state index in [1.54, 1.807) is 63.4 Å². The van der Waals surface area contributed by atoms with Crippen LogP contribution in [0.1, 0.15) is 91.6 Å². The second kappa shape index (κ2) is 21.7. The molecule has 2 unspecified atom stereocenters. The fraction of sp³-hybridized carbons (Fsp3) is 0.512. The molecular weight excluding hydrogens is 775 g/mol. The molecule has 0 saturated heterocycles. The number of hydrogen-bond acceptors (Lipinski definition) is 12. The Labute approximate surface area is 349 Å². The van der Waals surface area contributed by atoms with E-state index >= 15 is 0 Å². The molecule has 0 bridgehead atoms. The van der Waals surface area contributed by atoms with Crippen LogP contribution in [0, 0.1) is 5.92 Å². The van der Waals surface area contributed by atoms with Crippen molar-refractivity contribution in [3.8, 4) is 11.5 Å². The minimum atomic E-state index is -2.50. The standard InChI is InChI=1S/C43H63N5O10Si/c1-13-18-56-42(53)39(50)38(25(2)3)45-40(51)30(11)46-47-32-16-14-31(15-17-32)24-57-43(54)44-35-21-37(58-59(26(4)5,27(6)7)28(8)9)36(55-12)20-34(35)41(52)48-22-29(10)19-33(48)23-49/h13-17,20-22,25-28,30,33,38,46-47,49H,1,18-19,23-24H2,2-12H3,(H,44,54)(H,45,51)/t30?,33-,38?/m0/s1. The number of esters is 1. The number of nitrogens with zero attached hydrogens (tertiary/aromatic N) is 1. The van der Waals surface area contributed by atoms with Crippen LogP contribution in [0.5, 0.6) is 11.5 Å². The van der Waals surface area contributed by atoms with Crippen molar-refractivity contribution in [2.24, 2.45) is 5.92 Å². The molecule has 0 fully saturated rings. The van der Waals surface area contributed by atoms with Gasteiger partial charge in [0.25, 0.3) is 20.0 Å². The highest BCUT2D eigenvalue weighted by atomic mass is 28.4. The Bertz CT molecular complexity index is 1820. The lowest BCUT2D eigenvalue weighted by Crippen LogP contribution is -2.53. The molecule has 0 saturated carbocycles. The Balaban J connectivity index is 1.76. The number of rotatable bonds is 21. The van der Waals surface area contributed by atoms with Gasteiger partial charge in [0.1, 0.15) is 31.0 Å².